The number of allylic oxidation sites excluding steroid dienone is 3. The molecule has 0 saturated heterocycles. The molecule has 3 unspecified atom stereocenters. The van der Waals surface area contributed by atoms with Crippen molar-refractivity contribution >= 4 is 28.4 Å². The zero-order valence-electron chi connectivity index (χ0n) is 17.7. The number of fused-ring (bicyclic) bond motifs is 1. The lowest BCUT2D eigenvalue weighted by atomic mass is 9.93. The Morgan fingerprint density at radius 1 is 1.26 bits per heavy atom. The zero-order valence-corrected chi connectivity index (χ0v) is 18.4. The zero-order chi connectivity index (χ0) is 21.8. The number of hydrogen-bond donors (Lipinski definition) is 3. The second kappa shape index (κ2) is 9.40. The average molecular weight is 435 g/mol. The number of nitrogens with zero attached hydrogens (tertiary/aromatic N) is 1. The molecule has 3 N–H and O–H groups in total. The molecule has 4 rings (SSSR count). The van der Waals surface area contributed by atoms with Gasteiger partial charge in [0.15, 0.2) is 0 Å². The highest BCUT2D eigenvalue weighted by Gasteiger charge is 2.23. The fourth-order valence-corrected chi connectivity index (χ4v) is 4.03. The molecule has 6 heteroatoms. The quantitative estimate of drug-likeness (QED) is 0.614. The van der Waals surface area contributed by atoms with Gasteiger partial charge in [-0.2, -0.15) is 0 Å². The number of carbonyl (C=O) groups excluding carboxylic acids is 1. The highest BCUT2D eigenvalue weighted by atomic mass is 35.5. The molecule has 0 saturated carbocycles. The number of benzene rings is 1. The standard InChI is InChI=1S/C25H27ClN4O/c1-16-5-3-8-23(26)30-24(13-16)28-17(2)19-6-4-7-21(14-19)29-25(31)20-10-9-18-11-12-27-22(18)15-20/h3-4,6-18,22,27-28H,5H2,1-2H3,(H,29,31)/b8-3+,24-13-,30-23+/t16?,17-,18?,22?/m0/s1. The topological polar surface area (TPSA) is 65.5 Å². The molecule has 0 spiro atoms. The number of rotatable bonds is 5. The molecule has 1 aromatic rings. The maximum atomic E-state index is 12.8. The third kappa shape index (κ3) is 5.36. The van der Waals surface area contributed by atoms with Gasteiger partial charge in [0.2, 0.25) is 0 Å². The number of carbonyl (C=O) groups is 1. The van der Waals surface area contributed by atoms with Crippen LogP contribution in [0.25, 0.3) is 0 Å². The number of halogens is 1. The lowest BCUT2D eigenvalue weighted by molar-refractivity contribution is -0.112. The molecule has 31 heavy (non-hydrogen) atoms. The number of amides is 1. The van der Waals surface area contributed by atoms with Gasteiger partial charge < -0.3 is 16.0 Å². The molecule has 0 aromatic heterocycles. The molecule has 0 radical (unpaired) electrons. The molecule has 5 nitrogen and oxygen atoms in total. The Morgan fingerprint density at radius 2 is 2.13 bits per heavy atom. The first-order chi connectivity index (χ1) is 15.0. The third-order valence-corrected chi connectivity index (χ3v) is 5.79. The Kier molecular flexibility index (Phi) is 6.42. The molecule has 2 aliphatic heterocycles. The number of nitrogens with one attached hydrogen (secondary N) is 3. The summed E-state index contributed by atoms with van der Waals surface area (Å²) < 4.78 is 0. The van der Waals surface area contributed by atoms with Crippen LogP contribution in [0.1, 0.15) is 31.9 Å². The summed E-state index contributed by atoms with van der Waals surface area (Å²) in [7, 11) is 0. The van der Waals surface area contributed by atoms with E-state index in [9.17, 15) is 4.79 Å². The summed E-state index contributed by atoms with van der Waals surface area (Å²) in [6, 6.07) is 8.01. The fraction of sp³-hybridized carbons (Fsp3) is 0.280. The fourth-order valence-electron chi connectivity index (χ4n) is 3.85. The average Bonchev–Trinajstić information content (AvgIpc) is 3.20. The van der Waals surface area contributed by atoms with Crippen LogP contribution in [0.2, 0.25) is 0 Å². The van der Waals surface area contributed by atoms with Crippen molar-refractivity contribution < 1.29 is 4.79 Å². The summed E-state index contributed by atoms with van der Waals surface area (Å²) in [4.78, 5) is 17.2. The van der Waals surface area contributed by atoms with Crippen LogP contribution in [0, 0.1) is 11.8 Å². The van der Waals surface area contributed by atoms with E-state index < -0.39 is 0 Å². The number of anilines is 1. The predicted molar refractivity (Wildman–Crippen MR) is 128 cm³/mol. The normalized spacial score (nSPS) is 29.6. The van der Waals surface area contributed by atoms with E-state index in [0.717, 1.165) is 23.5 Å². The Hall–Kier alpha value is -3.05. The van der Waals surface area contributed by atoms with Gasteiger partial charge in [0.1, 0.15) is 11.0 Å². The van der Waals surface area contributed by atoms with Crippen molar-refractivity contribution in [3.63, 3.8) is 0 Å². The van der Waals surface area contributed by atoms with Gasteiger partial charge >= 0.3 is 0 Å². The molecule has 160 valence electrons. The summed E-state index contributed by atoms with van der Waals surface area (Å²) in [5, 5.41) is 10.2. The Labute approximate surface area is 188 Å². The van der Waals surface area contributed by atoms with Crippen LogP contribution in [0.4, 0.5) is 5.69 Å². The van der Waals surface area contributed by atoms with Gasteiger partial charge in [0.25, 0.3) is 5.91 Å². The van der Waals surface area contributed by atoms with Crippen LogP contribution < -0.4 is 16.0 Å². The Bertz CT molecular complexity index is 1030. The molecular weight excluding hydrogens is 408 g/mol. The Morgan fingerprint density at radius 3 is 3.00 bits per heavy atom. The van der Waals surface area contributed by atoms with Crippen molar-refractivity contribution in [2.45, 2.75) is 32.4 Å². The molecule has 1 aliphatic carbocycles. The van der Waals surface area contributed by atoms with E-state index in [4.69, 9.17) is 11.6 Å². The maximum absolute atomic E-state index is 12.8. The van der Waals surface area contributed by atoms with E-state index in [-0.39, 0.29) is 18.0 Å². The second-order valence-electron chi connectivity index (χ2n) is 8.16. The van der Waals surface area contributed by atoms with Gasteiger partial charge in [-0.05, 0) is 61.4 Å². The summed E-state index contributed by atoms with van der Waals surface area (Å²) in [6.45, 7) is 4.21. The summed E-state index contributed by atoms with van der Waals surface area (Å²) in [6.07, 6.45) is 16.9. The van der Waals surface area contributed by atoms with E-state index in [2.05, 4.69) is 53.0 Å². The minimum Gasteiger partial charge on any atom is -0.384 e. The third-order valence-electron chi connectivity index (χ3n) is 5.58. The largest absolute Gasteiger partial charge is 0.384 e. The molecule has 2 heterocycles. The van der Waals surface area contributed by atoms with Gasteiger partial charge in [-0.1, -0.05) is 55.0 Å². The molecular formula is C25H27ClN4O. The van der Waals surface area contributed by atoms with Crippen LogP contribution in [-0.2, 0) is 4.79 Å². The van der Waals surface area contributed by atoms with Crippen molar-refractivity contribution in [1.29, 1.82) is 0 Å². The highest BCUT2D eigenvalue weighted by molar-refractivity contribution is 6.68. The minimum atomic E-state index is -0.110. The minimum absolute atomic E-state index is 0.00441. The molecule has 1 amide bonds. The first kappa shape index (κ1) is 21.2. The summed E-state index contributed by atoms with van der Waals surface area (Å²) >= 11 is 6.17. The van der Waals surface area contributed by atoms with Crippen LogP contribution in [0.15, 0.2) is 89.4 Å². The number of hydrogen-bond acceptors (Lipinski definition) is 4. The van der Waals surface area contributed by atoms with E-state index in [0.29, 0.717) is 22.6 Å². The van der Waals surface area contributed by atoms with Gasteiger partial charge in [0, 0.05) is 17.2 Å². The van der Waals surface area contributed by atoms with Crippen molar-refractivity contribution in [3.05, 3.63) is 90.0 Å². The lowest BCUT2D eigenvalue weighted by Crippen LogP contribution is -2.28. The van der Waals surface area contributed by atoms with Crippen LogP contribution in [0.3, 0.4) is 0 Å². The SMILES string of the molecule is CC1\C=C(N[C@@H](C)c2cccc(NC(=O)C3=CC4NC=CC4C=C3)c2)/N=C(Cl)\C=C\C1. The monoisotopic (exact) mass is 434 g/mol. The van der Waals surface area contributed by atoms with Crippen molar-refractivity contribution in [1.82, 2.24) is 10.6 Å². The predicted octanol–water partition coefficient (Wildman–Crippen LogP) is 4.95. The maximum Gasteiger partial charge on any atom is 0.255 e. The molecule has 0 bridgehead atoms. The van der Waals surface area contributed by atoms with Gasteiger partial charge in [-0.3, -0.25) is 4.79 Å². The first-order valence-electron chi connectivity index (χ1n) is 10.6. The summed E-state index contributed by atoms with van der Waals surface area (Å²) in [5.74, 6) is 1.34. The molecule has 3 aliphatic rings. The van der Waals surface area contributed by atoms with Crippen LogP contribution >= 0.6 is 11.6 Å². The van der Waals surface area contributed by atoms with Crippen molar-refractivity contribution in [2.75, 3.05) is 5.32 Å². The lowest BCUT2D eigenvalue weighted by Gasteiger charge is -2.20. The first-order valence-corrected chi connectivity index (χ1v) is 11.0. The molecule has 1 aromatic carbocycles. The van der Waals surface area contributed by atoms with E-state index in [1.165, 1.54) is 0 Å². The highest BCUT2D eigenvalue weighted by Crippen LogP contribution is 2.24. The Balaban J connectivity index is 1.44. The smallest absolute Gasteiger partial charge is 0.255 e. The van der Waals surface area contributed by atoms with Crippen molar-refractivity contribution in [2.24, 2.45) is 16.8 Å². The van der Waals surface area contributed by atoms with Crippen molar-refractivity contribution in [3.8, 4) is 0 Å². The van der Waals surface area contributed by atoms with Gasteiger partial charge in [0.05, 0.1) is 12.1 Å². The second-order valence-corrected chi connectivity index (χ2v) is 8.54. The van der Waals surface area contributed by atoms with Gasteiger partial charge in [-0.25, -0.2) is 4.99 Å². The van der Waals surface area contributed by atoms with Crippen LogP contribution in [-0.4, -0.2) is 17.1 Å². The van der Waals surface area contributed by atoms with E-state index in [1.54, 1.807) is 0 Å². The molecule has 4 atom stereocenters. The van der Waals surface area contributed by atoms with E-state index in [1.807, 2.05) is 54.8 Å². The summed E-state index contributed by atoms with van der Waals surface area (Å²) in [5.41, 5.74) is 2.47. The van der Waals surface area contributed by atoms with Crippen LogP contribution in [0.5, 0.6) is 0 Å². The van der Waals surface area contributed by atoms with E-state index >= 15 is 0 Å². The molecule has 0 fully saturated rings. The van der Waals surface area contributed by atoms with Gasteiger partial charge in [-0.15, -0.1) is 0 Å². The number of aliphatic imine (C=N–C) groups is 1.